The number of fused-ring (bicyclic) bond motifs is 1. The van der Waals surface area contributed by atoms with Crippen LogP contribution in [-0.2, 0) is 16.0 Å². The molecule has 10 heteroatoms. The molecule has 3 aromatic carbocycles. The van der Waals surface area contributed by atoms with Crippen molar-refractivity contribution in [2.24, 2.45) is 17.6 Å². The fourth-order valence-corrected chi connectivity index (χ4v) is 6.30. The van der Waals surface area contributed by atoms with E-state index in [1.165, 1.54) is 0 Å². The van der Waals surface area contributed by atoms with Gasteiger partial charge in [0.05, 0.1) is 11.7 Å². The molecule has 1 aliphatic carbocycles. The molecule has 47 heavy (non-hydrogen) atoms. The molecule has 0 bridgehead atoms. The number of benzene rings is 3. The summed E-state index contributed by atoms with van der Waals surface area (Å²) in [5, 5.41) is 17.0. The van der Waals surface area contributed by atoms with E-state index >= 15 is 0 Å². The lowest BCUT2D eigenvalue weighted by molar-refractivity contribution is -0.130. The van der Waals surface area contributed by atoms with Crippen molar-refractivity contribution in [3.63, 3.8) is 0 Å². The molecule has 1 aromatic heterocycles. The number of H-pyrrole nitrogens is 1. The van der Waals surface area contributed by atoms with Gasteiger partial charge in [0.1, 0.15) is 6.04 Å². The third-order valence-electron chi connectivity index (χ3n) is 9.35. The van der Waals surface area contributed by atoms with Gasteiger partial charge in [-0.15, -0.1) is 0 Å². The second kappa shape index (κ2) is 16.3. The minimum absolute atomic E-state index is 0.0910. The number of nitrogens with two attached hydrogens (primary N) is 1. The number of carbonyl (C=O) groups excluding carboxylic acids is 3. The molecule has 0 radical (unpaired) electrons. The number of nitrogens with zero attached hydrogens (tertiary/aromatic N) is 2. The molecule has 0 aliphatic heterocycles. The monoisotopic (exact) mass is 637 g/mol. The molecule has 1 heterocycles. The van der Waals surface area contributed by atoms with Crippen LogP contribution in [0.25, 0.3) is 22.0 Å². The van der Waals surface area contributed by atoms with Gasteiger partial charge in [0.2, 0.25) is 11.8 Å². The summed E-state index contributed by atoms with van der Waals surface area (Å²) in [6.45, 7) is 8.20. The number of nitrogens with one attached hydrogen (secondary N) is 4. The summed E-state index contributed by atoms with van der Waals surface area (Å²) in [6.07, 6.45) is 5.45. The zero-order valence-corrected chi connectivity index (χ0v) is 27.4. The molecule has 3 amide bonds. The van der Waals surface area contributed by atoms with Gasteiger partial charge in [-0.25, -0.2) is 0 Å². The first kappa shape index (κ1) is 33.8. The maximum atomic E-state index is 13.7. The van der Waals surface area contributed by atoms with Gasteiger partial charge in [-0.2, -0.15) is 5.10 Å². The third kappa shape index (κ3) is 9.05. The van der Waals surface area contributed by atoms with Gasteiger partial charge in [0.25, 0.3) is 5.91 Å². The standard InChI is InChI=1S/C37H47N7O3/c1-3-44(4-2)19-18-39-35(45)28-14-12-27(13-15-28)30-7-5-6-26(20-30)21-34(42-36(46)29-10-8-25(23-38)9-11-29)37(47)41-32-17-16-31-24-40-43-33(31)22-32/h5-7,12-17,20,22,24-25,29,34H,3-4,8-11,18-19,21,23,38H2,1-2H3,(H,39,45)(H,40,43)(H,41,47)(H,42,46). The lowest BCUT2D eigenvalue weighted by atomic mass is 9.81. The summed E-state index contributed by atoms with van der Waals surface area (Å²) in [7, 11) is 0. The Bertz CT molecular complexity index is 1640. The molecule has 248 valence electrons. The summed E-state index contributed by atoms with van der Waals surface area (Å²) >= 11 is 0. The number of likely N-dealkylation sites (N-methyl/N-ethyl adjacent to an activating group) is 1. The Balaban J connectivity index is 1.28. The molecular weight excluding hydrogens is 590 g/mol. The molecule has 10 nitrogen and oxygen atoms in total. The van der Waals surface area contributed by atoms with Gasteiger partial charge in [0.15, 0.2) is 0 Å². The molecule has 4 aromatic rings. The molecule has 1 aliphatic rings. The van der Waals surface area contributed by atoms with Crippen molar-refractivity contribution in [1.82, 2.24) is 25.7 Å². The Morgan fingerprint density at radius 1 is 0.957 bits per heavy atom. The average Bonchev–Trinajstić information content (AvgIpc) is 3.58. The molecule has 1 saturated carbocycles. The van der Waals surface area contributed by atoms with Crippen LogP contribution in [0.1, 0.15) is 55.5 Å². The SMILES string of the molecule is CCN(CC)CCNC(=O)c1ccc(-c2cccc(CC(NC(=O)C3CCC(CN)CC3)C(=O)Nc3ccc4cn[nH]c4c3)c2)cc1. The maximum Gasteiger partial charge on any atom is 0.251 e. The van der Waals surface area contributed by atoms with Gasteiger partial charge >= 0.3 is 0 Å². The Morgan fingerprint density at radius 2 is 1.72 bits per heavy atom. The van der Waals surface area contributed by atoms with Gasteiger partial charge in [0, 0.05) is 42.1 Å². The number of hydrogen-bond acceptors (Lipinski definition) is 6. The van der Waals surface area contributed by atoms with Crippen molar-refractivity contribution >= 4 is 34.3 Å². The molecule has 5 rings (SSSR count). The number of hydrogen-bond donors (Lipinski definition) is 5. The predicted octanol–water partition coefficient (Wildman–Crippen LogP) is 4.73. The number of amides is 3. The first-order valence-electron chi connectivity index (χ1n) is 16.8. The Labute approximate surface area is 276 Å². The van der Waals surface area contributed by atoms with Crippen molar-refractivity contribution < 1.29 is 14.4 Å². The molecule has 1 unspecified atom stereocenters. The number of aromatic nitrogens is 2. The fourth-order valence-electron chi connectivity index (χ4n) is 6.30. The van der Waals surface area contributed by atoms with E-state index < -0.39 is 6.04 Å². The lowest BCUT2D eigenvalue weighted by Gasteiger charge is -2.28. The highest BCUT2D eigenvalue weighted by atomic mass is 16.2. The summed E-state index contributed by atoms with van der Waals surface area (Å²) in [5.74, 6) is -0.139. The number of aromatic amines is 1. The van der Waals surface area contributed by atoms with Crippen LogP contribution in [0.15, 0.2) is 72.9 Å². The highest BCUT2D eigenvalue weighted by Crippen LogP contribution is 2.29. The predicted molar refractivity (Wildman–Crippen MR) is 187 cm³/mol. The summed E-state index contributed by atoms with van der Waals surface area (Å²) in [4.78, 5) is 42.1. The summed E-state index contributed by atoms with van der Waals surface area (Å²) < 4.78 is 0. The van der Waals surface area contributed by atoms with E-state index in [-0.39, 0.29) is 23.6 Å². The molecule has 1 atom stereocenters. The molecule has 0 saturated heterocycles. The normalized spacial score (nSPS) is 16.9. The first-order valence-corrected chi connectivity index (χ1v) is 16.8. The highest BCUT2D eigenvalue weighted by molar-refractivity contribution is 5.99. The Hall–Kier alpha value is -4.54. The van der Waals surface area contributed by atoms with Crippen molar-refractivity contribution in [3.05, 3.63) is 84.1 Å². The van der Waals surface area contributed by atoms with Crippen molar-refractivity contribution in [3.8, 4) is 11.1 Å². The zero-order chi connectivity index (χ0) is 33.2. The van der Waals surface area contributed by atoms with Gasteiger partial charge in [-0.1, -0.05) is 50.2 Å². The Kier molecular flexibility index (Phi) is 11.8. The van der Waals surface area contributed by atoms with Crippen LogP contribution in [-0.4, -0.2) is 71.6 Å². The molecule has 0 spiro atoms. The van der Waals surface area contributed by atoms with Crippen molar-refractivity contribution in [2.75, 3.05) is 38.0 Å². The van der Waals surface area contributed by atoms with E-state index in [1.54, 1.807) is 6.20 Å². The van der Waals surface area contributed by atoms with Gasteiger partial charge < -0.3 is 26.6 Å². The highest BCUT2D eigenvalue weighted by Gasteiger charge is 2.29. The number of anilines is 1. The van der Waals surface area contributed by atoms with E-state index in [9.17, 15) is 14.4 Å². The van der Waals surface area contributed by atoms with Crippen LogP contribution in [0.5, 0.6) is 0 Å². The van der Waals surface area contributed by atoms with E-state index in [0.29, 0.717) is 36.7 Å². The van der Waals surface area contributed by atoms with Crippen LogP contribution in [0.2, 0.25) is 0 Å². The summed E-state index contributed by atoms with van der Waals surface area (Å²) in [5.41, 5.74) is 10.8. The van der Waals surface area contributed by atoms with E-state index in [0.717, 1.165) is 72.9 Å². The minimum atomic E-state index is -0.773. The second-order valence-corrected chi connectivity index (χ2v) is 12.4. The number of carbonyl (C=O) groups is 3. The first-order chi connectivity index (χ1) is 22.9. The fraction of sp³-hybridized carbons (Fsp3) is 0.405. The zero-order valence-electron chi connectivity index (χ0n) is 27.4. The third-order valence-corrected chi connectivity index (χ3v) is 9.35. The smallest absolute Gasteiger partial charge is 0.251 e. The second-order valence-electron chi connectivity index (χ2n) is 12.4. The van der Waals surface area contributed by atoms with E-state index in [2.05, 4.69) is 44.9 Å². The average molecular weight is 638 g/mol. The maximum absolute atomic E-state index is 13.7. The quantitative estimate of drug-likeness (QED) is 0.135. The largest absolute Gasteiger partial charge is 0.351 e. The Morgan fingerprint density at radius 3 is 2.45 bits per heavy atom. The van der Waals surface area contributed by atoms with Crippen molar-refractivity contribution in [1.29, 1.82) is 0 Å². The summed E-state index contributed by atoms with van der Waals surface area (Å²) in [6, 6.07) is 20.3. The van der Waals surface area contributed by atoms with E-state index in [1.807, 2.05) is 66.7 Å². The molecule has 6 N–H and O–H groups in total. The van der Waals surface area contributed by atoms with Crippen LogP contribution >= 0.6 is 0 Å². The van der Waals surface area contributed by atoms with Crippen LogP contribution in [0, 0.1) is 11.8 Å². The van der Waals surface area contributed by atoms with Crippen LogP contribution in [0.3, 0.4) is 0 Å². The van der Waals surface area contributed by atoms with E-state index in [4.69, 9.17) is 5.73 Å². The lowest BCUT2D eigenvalue weighted by Crippen LogP contribution is -2.48. The van der Waals surface area contributed by atoms with Gasteiger partial charge in [-0.3, -0.25) is 19.5 Å². The van der Waals surface area contributed by atoms with Crippen LogP contribution < -0.4 is 21.7 Å². The van der Waals surface area contributed by atoms with Crippen molar-refractivity contribution in [2.45, 2.75) is 52.0 Å². The topological polar surface area (TPSA) is 145 Å². The van der Waals surface area contributed by atoms with Gasteiger partial charge in [-0.05, 0) is 98.3 Å². The molecular formula is C37H47N7O3. The minimum Gasteiger partial charge on any atom is -0.351 e. The molecule has 1 fully saturated rings. The number of rotatable bonds is 14. The van der Waals surface area contributed by atoms with Crippen LogP contribution in [0.4, 0.5) is 5.69 Å².